The molecule has 1 saturated heterocycles. The van der Waals surface area contributed by atoms with Crippen LogP contribution in [0.5, 0.6) is 5.75 Å². The van der Waals surface area contributed by atoms with Gasteiger partial charge in [0.2, 0.25) is 0 Å². The van der Waals surface area contributed by atoms with Crippen molar-refractivity contribution in [2.75, 3.05) is 6.61 Å². The highest BCUT2D eigenvalue weighted by Crippen LogP contribution is 2.42. The molecule has 2 aliphatic rings. The van der Waals surface area contributed by atoms with Crippen molar-refractivity contribution in [2.45, 2.75) is 12.1 Å². The van der Waals surface area contributed by atoms with Gasteiger partial charge < -0.3 is 9.84 Å². The summed E-state index contributed by atoms with van der Waals surface area (Å²) in [6.45, 7) is 0.346. The van der Waals surface area contributed by atoms with E-state index >= 15 is 0 Å². The number of ether oxygens (including phenoxy) is 1. The summed E-state index contributed by atoms with van der Waals surface area (Å²) in [5, 5.41) is 9.63. The molecule has 1 fully saturated rings. The lowest BCUT2D eigenvalue weighted by Crippen LogP contribution is -2.40. The van der Waals surface area contributed by atoms with Crippen LogP contribution in [-0.2, 0) is 4.79 Å². The van der Waals surface area contributed by atoms with Crippen LogP contribution in [-0.4, -0.2) is 23.7 Å². The van der Waals surface area contributed by atoms with E-state index in [-0.39, 0.29) is 12.0 Å². The fraction of sp³-hybridized carbons (Fsp3) is 0.364. The highest BCUT2D eigenvalue weighted by atomic mass is 35.5. The zero-order valence-electron chi connectivity index (χ0n) is 8.81. The van der Waals surface area contributed by atoms with Gasteiger partial charge in [0, 0.05) is 11.5 Å². The zero-order chi connectivity index (χ0) is 12.0. The molecule has 0 aromatic heterocycles. The van der Waals surface area contributed by atoms with Gasteiger partial charge in [0.15, 0.2) is 0 Å². The molecule has 3 atom stereocenters. The molecule has 2 heterocycles. The summed E-state index contributed by atoms with van der Waals surface area (Å²) in [5.41, 5.74) is 6.70. The Labute approximate surface area is 103 Å². The summed E-state index contributed by atoms with van der Waals surface area (Å²) in [4.78, 5) is 11.1. The highest BCUT2D eigenvalue weighted by molar-refractivity contribution is 6.32. The predicted molar refractivity (Wildman–Crippen MR) is 60.9 cm³/mol. The Balaban J connectivity index is 1.99. The van der Waals surface area contributed by atoms with E-state index in [2.05, 4.69) is 10.9 Å². The molecule has 0 spiro atoms. The van der Waals surface area contributed by atoms with Gasteiger partial charge in [0.1, 0.15) is 11.8 Å². The Morgan fingerprint density at radius 3 is 3.06 bits per heavy atom. The van der Waals surface area contributed by atoms with Crippen LogP contribution in [0.15, 0.2) is 18.2 Å². The van der Waals surface area contributed by atoms with E-state index in [1.165, 1.54) is 0 Å². The lowest BCUT2D eigenvalue weighted by molar-refractivity contribution is -0.140. The van der Waals surface area contributed by atoms with Crippen LogP contribution in [0.2, 0.25) is 5.02 Å². The number of aliphatic carboxylic acids is 1. The number of carboxylic acids is 1. The molecule has 6 heteroatoms. The first-order valence-corrected chi connectivity index (χ1v) is 5.71. The fourth-order valence-corrected chi connectivity index (χ4v) is 2.67. The second-order valence-corrected chi connectivity index (χ2v) is 4.62. The molecule has 3 N–H and O–H groups in total. The van der Waals surface area contributed by atoms with Gasteiger partial charge in [-0.25, -0.2) is 10.9 Å². The van der Waals surface area contributed by atoms with Crippen molar-refractivity contribution < 1.29 is 14.6 Å². The van der Waals surface area contributed by atoms with Crippen LogP contribution in [0.25, 0.3) is 0 Å². The van der Waals surface area contributed by atoms with E-state index < -0.39 is 12.0 Å². The monoisotopic (exact) mass is 254 g/mol. The van der Waals surface area contributed by atoms with Crippen molar-refractivity contribution in [3.05, 3.63) is 28.8 Å². The predicted octanol–water partition coefficient (Wildman–Crippen LogP) is 0.951. The molecule has 0 amide bonds. The number of carbonyl (C=O) groups is 1. The van der Waals surface area contributed by atoms with Gasteiger partial charge >= 0.3 is 5.97 Å². The van der Waals surface area contributed by atoms with Crippen LogP contribution >= 0.6 is 11.6 Å². The minimum Gasteiger partial charge on any atom is -0.491 e. The van der Waals surface area contributed by atoms with E-state index in [1.807, 2.05) is 12.1 Å². The average molecular weight is 255 g/mol. The molecule has 0 bridgehead atoms. The van der Waals surface area contributed by atoms with E-state index in [4.69, 9.17) is 21.4 Å². The van der Waals surface area contributed by atoms with Crippen LogP contribution in [0.4, 0.5) is 0 Å². The molecule has 1 aromatic carbocycles. The van der Waals surface area contributed by atoms with Crippen LogP contribution < -0.4 is 15.6 Å². The summed E-state index contributed by atoms with van der Waals surface area (Å²) in [6.07, 6.45) is 0. The molecular weight excluding hydrogens is 244 g/mol. The zero-order valence-corrected chi connectivity index (χ0v) is 9.57. The molecule has 2 aliphatic heterocycles. The summed E-state index contributed by atoms with van der Waals surface area (Å²) >= 11 is 6.04. The maximum absolute atomic E-state index is 11.1. The topological polar surface area (TPSA) is 70.6 Å². The number of rotatable bonds is 1. The Kier molecular flexibility index (Phi) is 2.47. The van der Waals surface area contributed by atoms with Crippen molar-refractivity contribution in [1.82, 2.24) is 10.9 Å². The number of halogens is 1. The second-order valence-electron chi connectivity index (χ2n) is 4.22. The normalized spacial score (nSPS) is 30.3. The SMILES string of the molecule is O=C(O)C1NNC2c3cccc(Cl)c3OCC12. The van der Waals surface area contributed by atoms with E-state index in [1.54, 1.807) is 6.07 Å². The lowest BCUT2D eigenvalue weighted by atomic mass is 9.88. The molecule has 3 rings (SSSR count). The molecule has 3 unspecified atom stereocenters. The minimum absolute atomic E-state index is 0.0708. The fourth-order valence-electron chi connectivity index (χ4n) is 2.43. The van der Waals surface area contributed by atoms with E-state index in [9.17, 15) is 4.79 Å². The molecule has 17 heavy (non-hydrogen) atoms. The first kappa shape index (κ1) is 10.8. The third-order valence-electron chi connectivity index (χ3n) is 3.27. The number of para-hydroxylation sites is 1. The van der Waals surface area contributed by atoms with Gasteiger partial charge in [-0.05, 0) is 6.07 Å². The van der Waals surface area contributed by atoms with Crippen LogP contribution in [0.1, 0.15) is 11.6 Å². The third kappa shape index (κ3) is 1.58. The van der Waals surface area contributed by atoms with E-state index in [0.29, 0.717) is 17.4 Å². The quantitative estimate of drug-likeness (QED) is 0.696. The van der Waals surface area contributed by atoms with Gasteiger partial charge in [0.25, 0.3) is 0 Å². The van der Waals surface area contributed by atoms with Crippen LogP contribution in [0.3, 0.4) is 0 Å². The molecule has 90 valence electrons. The number of nitrogens with one attached hydrogen (secondary N) is 2. The van der Waals surface area contributed by atoms with Crippen molar-refractivity contribution in [3.63, 3.8) is 0 Å². The molecule has 1 aromatic rings. The smallest absolute Gasteiger partial charge is 0.322 e. The molecule has 0 radical (unpaired) electrons. The van der Waals surface area contributed by atoms with Gasteiger partial charge in [-0.3, -0.25) is 4.79 Å². The Morgan fingerprint density at radius 1 is 1.47 bits per heavy atom. The number of hydrogen-bond acceptors (Lipinski definition) is 4. The average Bonchev–Trinajstić information content (AvgIpc) is 2.73. The number of carboxylic acid groups (broad SMARTS) is 1. The minimum atomic E-state index is -0.876. The number of hydrazine groups is 1. The summed E-state index contributed by atoms with van der Waals surface area (Å²) < 4.78 is 5.57. The van der Waals surface area contributed by atoms with Crippen molar-refractivity contribution in [2.24, 2.45) is 5.92 Å². The van der Waals surface area contributed by atoms with Crippen LogP contribution in [0, 0.1) is 5.92 Å². The van der Waals surface area contributed by atoms with Gasteiger partial charge in [-0.1, -0.05) is 23.7 Å². The first-order valence-electron chi connectivity index (χ1n) is 5.33. The summed E-state index contributed by atoms with van der Waals surface area (Å²) in [6, 6.07) is 4.79. The standard InChI is InChI=1S/C11H11ClN2O3/c12-7-3-1-2-5-8-6(4-17-10(5)7)9(11(15)16)14-13-8/h1-3,6,8-9,13-14H,4H2,(H,15,16). The summed E-state index contributed by atoms with van der Waals surface area (Å²) in [7, 11) is 0. The Bertz CT molecular complexity index is 480. The molecular formula is C11H11ClN2O3. The van der Waals surface area contributed by atoms with Crippen molar-refractivity contribution >= 4 is 17.6 Å². The Hall–Kier alpha value is -1.30. The number of benzene rings is 1. The Morgan fingerprint density at radius 2 is 2.29 bits per heavy atom. The number of hydrogen-bond donors (Lipinski definition) is 3. The van der Waals surface area contributed by atoms with Crippen molar-refractivity contribution in [1.29, 1.82) is 0 Å². The second kappa shape index (κ2) is 3.87. The highest BCUT2D eigenvalue weighted by Gasteiger charge is 2.45. The maximum atomic E-state index is 11.1. The van der Waals surface area contributed by atoms with Gasteiger partial charge in [-0.15, -0.1) is 0 Å². The van der Waals surface area contributed by atoms with Crippen molar-refractivity contribution in [3.8, 4) is 5.75 Å². The maximum Gasteiger partial charge on any atom is 0.322 e. The van der Waals surface area contributed by atoms with Gasteiger partial charge in [-0.2, -0.15) is 0 Å². The molecule has 0 saturated carbocycles. The first-order chi connectivity index (χ1) is 8.18. The third-order valence-corrected chi connectivity index (χ3v) is 3.57. The lowest BCUT2D eigenvalue weighted by Gasteiger charge is -2.29. The van der Waals surface area contributed by atoms with Gasteiger partial charge in [0.05, 0.1) is 17.7 Å². The van der Waals surface area contributed by atoms with E-state index in [0.717, 1.165) is 5.56 Å². The molecule has 5 nitrogen and oxygen atoms in total. The molecule has 0 aliphatic carbocycles. The largest absolute Gasteiger partial charge is 0.491 e. The number of fused-ring (bicyclic) bond motifs is 3. The summed E-state index contributed by atoms with van der Waals surface area (Å²) in [5.74, 6) is -0.353.